The number of halogens is 3. The first-order valence-corrected chi connectivity index (χ1v) is 11.2. The molecule has 1 heterocycles. The van der Waals surface area contributed by atoms with Crippen LogP contribution in [0.2, 0.25) is 5.02 Å². The third kappa shape index (κ3) is 5.17. The van der Waals surface area contributed by atoms with Gasteiger partial charge in [-0.3, -0.25) is 4.90 Å². The van der Waals surface area contributed by atoms with E-state index in [-0.39, 0.29) is 12.1 Å². The molecule has 0 bridgehead atoms. The van der Waals surface area contributed by atoms with Crippen LogP contribution < -0.4 is 0 Å². The van der Waals surface area contributed by atoms with Gasteiger partial charge in [0.05, 0.1) is 6.54 Å². The summed E-state index contributed by atoms with van der Waals surface area (Å²) >= 11 is 5.98. The van der Waals surface area contributed by atoms with Gasteiger partial charge in [0.2, 0.25) is 0 Å². The Bertz CT molecular complexity index is 1230. The van der Waals surface area contributed by atoms with Gasteiger partial charge < -0.3 is 5.11 Å². The van der Waals surface area contributed by atoms with E-state index >= 15 is 0 Å². The zero-order chi connectivity index (χ0) is 24.3. The van der Waals surface area contributed by atoms with Crippen molar-refractivity contribution in [1.82, 2.24) is 19.7 Å². The van der Waals surface area contributed by atoms with Crippen molar-refractivity contribution in [1.29, 1.82) is 0 Å². The Morgan fingerprint density at radius 1 is 1.03 bits per heavy atom. The molecule has 0 radical (unpaired) electrons. The second-order valence-corrected chi connectivity index (χ2v) is 8.87. The number of benzene rings is 3. The first kappa shape index (κ1) is 24.0. The molecule has 0 fully saturated rings. The molecule has 1 aromatic heterocycles. The molecule has 4 aromatic rings. The number of nitrogens with zero attached hydrogens (tertiary/aromatic N) is 4. The van der Waals surface area contributed by atoms with Crippen LogP contribution >= 0.6 is 11.6 Å². The Kier molecular flexibility index (Phi) is 7.07. The maximum Gasteiger partial charge on any atom is 0.137 e. The minimum absolute atomic E-state index is 0.00170. The molecule has 3 aromatic carbocycles. The van der Waals surface area contributed by atoms with Crippen LogP contribution in [-0.4, -0.2) is 37.9 Å². The van der Waals surface area contributed by atoms with Gasteiger partial charge in [-0.15, -0.1) is 0 Å². The topological polar surface area (TPSA) is 54.2 Å². The maximum absolute atomic E-state index is 14.8. The Morgan fingerprint density at radius 3 is 2.26 bits per heavy atom. The fourth-order valence-electron chi connectivity index (χ4n) is 4.08. The third-order valence-electron chi connectivity index (χ3n) is 6.18. The summed E-state index contributed by atoms with van der Waals surface area (Å²) in [7, 11) is 1.85. The molecule has 0 aliphatic rings. The zero-order valence-corrected chi connectivity index (χ0v) is 19.6. The van der Waals surface area contributed by atoms with Gasteiger partial charge in [-0.25, -0.2) is 18.4 Å². The third-order valence-corrected chi connectivity index (χ3v) is 6.43. The van der Waals surface area contributed by atoms with E-state index < -0.39 is 23.3 Å². The molecule has 1 N–H and O–H groups in total. The second-order valence-electron chi connectivity index (χ2n) is 8.44. The molecule has 0 unspecified atom stereocenters. The molecule has 0 amide bonds. The van der Waals surface area contributed by atoms with Crippen molar-refractivity contribution in [3.05, 3.63) is 107 Å². The van der Waals surface area contributed by atoms with Gasteiger partial charge in [0.25, 0.3) is 0 Å². The van der Waals surface area contributed by atoms with E-state index in [0.29, 0.717) is 11.6 Å². The van der Waals surface area contributed by atoms with Crippen LogP contribution in [0.5, 0.6) is 0 Å². The Balaban J connectivity index is 1.57. The van der Waals surface area contributed by atoms with Gasteiger partial charge in [-0.1, -0.05) is 54.1 Å². The molecule has 8 heteroatoms. The monoisotopic (exact) mass is 482 g/mol. The lowest BCUT2D eigenvalue weighted by Crippen LogP contribution is -2.50. The number of rotatable bonds is 8. The van der Waals surface area contributed by atoms with Crippen molar-refractivity contribution in [2.24, 2.45) is 0 Å². The van der Waals surface area contributed by atoms with E-state index in [1.165, 1.54) is 23.4 Å². The predicted molar refractivity (Wildman–Crippen MR) is 128 cm³/mol. The molecule has 4 rings (SSSR count). The Hall–Kier alpha value is -3.13. The summed E-state index contributed by atoms with van der Waals surface area (Å²) < 4.78 is 29.8. The van der Waals surface area contributed by atoms with E-state index in [1.807, 2.05) is 67.4 Å². The fourth-order valence-corrected chi connectivity index (χ4v) is 4.20. The smallest absolute Gasteiger partial charge is 0.137 e. The van der Waals surface area contributed by atoms with Crippen LogP contribution in [0.15, 0.2) is 79.4 Å². The summed E-state index contributed by atoms with van der Waals surface area (Å²) in [6, 6.07) is 18.4. The largest absolute Gasteiger partial charge is 0.381 e. The number of likely N-dealkylation sites (N-methyl/N-ethyl adjacent to an activating group) is 1. The van der Waals surface area contributed by atoms with Crippen LogP contribution in [-0.2, 0) is 18.7 Å². The van der Waals surface area contributed by atoms with Gasteiger partial charge in [0.1, 0.15) is 29.9 Å². The predicted octanol–water partition coefficient (Wildman–Crippen LogP) is 5.29. The maximum atomic E-state index is 14.8. The van der Waals surface area contributed by atoms with Gasteiger partial charge in [0.15, 0.2) is 0 Å². The van der Waals surface area contributed by atoms with Crippen LogP contribution in [0.1, 0.15) is 18.1 Å². The van der Waals surface area contributed by atoms with Crippen molar-refractivity contribution in [2.75, 3.05) is 7.05 Å². The second kappa shape index (κ2) is 10.0. The highest BCUT2D eigenvalue weighted by Crippen LogP contribution is 2.33. The molecular formula is C26H25ClF2N4O. The van der Waals surface area contributed by atoms with Gasteiger partial charge in [-0.05, 0) is 48.9 Å². The van der Waals surface area contributed by atoms with Crippen molar-refractivity contribution in [3.8, 4) is 11.1 Å². The normalized spacial score (nSPS) is 14.2. The van der Waals surface area contributed by atoms with Crippen molar-refractivity contribution in [2.45, 2.75) is 31.7 Å². The number of aliphatic hydroxyl groups is 1. The average molecular weight is 483 g/mol. The van der Waals surface area contributed by atoms with E-state index in [0.717, 1.165) is 28.8 Å². The lowest BCUT2D eigenvalue weighted by Gasteiger charge is -2.40. The summed E-state index contributed by atoms with van der Waals surface area (Å²) in [6.45, 7) is 2.27. The number of hydrogen-bond acceptors (Lipinski definition) is 4. The number of hydrogen-bond donors (Lipinski definition) is 1. The first-order chi connectivity index (χ1) is 16.3. The fraction of sp³-hybridized carbons (Fsp3) is 0.231. The average Bonchev–Trinajstić information content (AvgIpc) is 3.32. The first-order valence-electron chi connectivity index (χ1n) is 10.8. The highest BCUT2D eigenvalue weighted by Gasteiger charge is 2.41. The standard InChI is InChI=1S/C26H25ClF2N4O/c1-18(26(34,15-33-17-30-16-31-33)24-12-11-23(28)13-25(24)29)32(2)14-19-3-5-20(6-4-19)21-7-9-22(27)10-8-21/h3-13,16-18,34H,14-15H2,1-2H3/t18-,26-/m1/s1. The molecule has 5 nitrogen and oxygen atoms in total. The van der Waals surface area contributed by atoms with E-state index in [9.17, 15) is 13.9 Å². The van der Waals surface area contributed by atoms with E-state index in [2.05, 4.69) is 10.1 Å². The quantitative estimate of drug-likeness (QED) is 0.371. The molecule has 0 spiro atoms. The highest BCUT2D eigenvalue weighted by atomic mass is 35.5. The molecule has 34 heavy (non-hydrogen) atoms. The van der Waals surface area contributed by atoms with Crippen LogP contribution in [0.4, 0.5) is 8.78 Å². The Labute approximate surface area is 202 Å². The van der Waals surface area contributed by atoms with Gasteiger partial charge in [-0.2, -0.15) is 5.10 Å². The molecular weight excluding hydrogens is 458 g/mol. The molecule has 0 aliphatic heterocycles. The molecule has 0 saturated heterocycles. The van der Waals surface area contributed by atoms with Gasteiger partial charge in [0, 0.05) is 29.2 Å². The van der Waals surface area contributed by atoms with Crippen molar-refractivity contribution in [3.63, 3.8) is 0 Å². The summed E-state index contributed by atoms with van der Waals surface area (Å²) in [5, 5.41) is 16.5. The van der Waals surface area contributed by atoms with Crippen molar-refractivity contribution < 1.29 is 13.9 Å². The molecule has 0 aliphatic carbocycles. The summed E-state index contributed by atoms with van der Waals surface area (Å²) in [5.41, 5.74) is 1.46. The lowest BCUT2D eigenvalue weighted by atomic mass is 9.85. The minimum Gasteiger partial charge on any atom is -0.381 e. The van der Waals surface area contributed by atoms with Crippen LogP contribution in [0.3, 0.4) is 0 Å². The molecule has 176 valence electrons. The zero-order valence-electron chi connectivity index (χ0n) is 18.9. The lowest BCUT2D eigenvalue weighted by molar-refractivity contribution is -0.0591. The molecule has 0 saturated carbocycles. The summed E-state index contributed by atoms with van der Waals surface area (Å²) in [4.78, 5) is 5.84. The highest BCUT2D eigenvalue weighted by molar-refractivity contribution is 6.30. The van der Waals surface area contributed by atoms with Gasteiger partial charge >= 0.3 is 0 Å². The summed E-state index contributed by atoms with van der Waals surface area (Å²) in [6.07, 6.45) is 2.80. The minimum atomic E-state index is -1.69. The van der Waals surface area contributed by atoms with E-state index in [4.69, 9.17) is 11.6 Å². The van der Waals surface area contributed by atoms with Crippen molar-refractivity contribution >= 4 is 11.6 Å². The SMILES string of the molecule is C[C@@H](N(C)Cc1ccc(-c2ccc(Cl)cc2)cc1)[C@](O)(Cn1cncn1)c1ccc(F)cc1F. The summed E-state index contributed by atoms with van der Waals surface area (Å²) in [5.74, 6) is -1.51. The molecule has 2 atom stereocenters. The number of aromatic nitrogens is 3. The van der Waals surface area contributed by atoms with E-state index in [1.54, 1.807) is 0 Å². The van der Waals surface area contributed by atoms with Crippen LogP contribution in [0, 0.1) is 11.6 Å². The Morgan fingerprint density at radius 2 is 1.68 bits per heavy atom. The van der Waals surface area contributed by atoms with Crippen LogP contribution in [0.25, 0.3) is 11.1 Å².